The van der Waals surface area contributed by atoms with Crippen LogP contribution in [0, 0.1) is 0 Å². The third-order valence-corrected chi connectivity index (χ3v) is 2.94. The van der Waals surface area contributed by atoms with Crippen molar-refractivity contribution in [1.82, 2.24) is 4.90 Å². The molecule has 2 N–H and O–H groups in total. The molecule has 0 atom stereocenters. The molecule has 0 spiro atoms. The number of hydrogen-bond donors (Lipinski definition) is 1. The van der Waals surface area contributed by atoms with Gasteiger partial charge >= 0.3 is 0 Å². The summed E-state index contributed by atoms with van der Waals surface area (Å²) in [5.74, 6) is 0.598. The van der Waals surface area contributed by atoms with Gasteiger partial charge in [-0.05, 0) is 13.8 Å². The van der Waals surface area contributed by atoms with Gasteiger partial charge in [-0.3, -0.25) is 4.79 Å². The second-order valence-electron chi connectivity index (χ2n) is 2.58. The molecule has 12 heavy (non-hydrogen) atoms. The van der Waals surface area contributed by atoms with Crippen molar-refractivity contribution in [3.63, 3.8) is 0 Å². The van der Waals surface area contributed by atoms with Crippen LogP contribution < -0.4 is 5.73 Å². The fourth-order valence-electron chi connectivity index (χ4n) is 0.951. The first-order valence-electron chi connectivity index (χ1n) is 3.45. The van der Waals surface area contributed by atoms with Crippen LogP contribution in [0.15, 0.2) is 10.6 Å². The molecule has 0 bridgehead atoms. The van der Waals surface area contributed by atoms with Crippen LogP contribution in [0.1, 0.15) is 13.8 Å². The lowest BCUT2D eigenvalue weighted by Crippen LogP contribution is -2.30. The van der Waals surface area contributed by atoms with E-state index in [-0.39, 0.29) is 22.9 Å². The summed E-state index contributed by atoms with van der Waals surface area (Å²) < 4.78 is 0. The Kier molecular flexibility index (Phi) is 4.70. The smallest absolute Gasteiger partial charge is 0.236 e. The quantitative estimate of drug-likeness (QED) is 0.807. The van der Waals surface area contributed by atoms with Crippen LogP contribution in [0.25, 0.3) is 0 Å². The summed E-state index contributed by atoms with van der Waals surface area (Å²) in [7, 11) is 0. The number of hydrogen-bond acceptors (Lipinski definition) is 3. The molecular weight excluding hydrogens is 240 g/mol. The van der Waals surface area contributed by atoms with Crippen molar-refractivity contribution in [1.29, 1.82) is 0 Å². The Bertz CT molecular complexity index is 217. The molecule has 1 amide bonds. The van der Waals surface area contributed by atoms with E-state index >= 15 is 0 Å². The summed E-state index contributed by atoms with van der Waals surface area (Å²) in [6.45, 7) is 4.41. The highest BCUT2D eigenvalue weighted by Crippen LogP contribution is 2.30. The van der Waals surface area contributed by atoms with Crippen molar-refractivity contribution in [3.8, 4) is 0 Å². The average Bonchev–Trinajstić information content (AvgIpc) is 2.18. The molecule has 5 heteroatoms. The first-order valence-corrected chi connectivity index (χ1v) is 4.43. The normalized spacial score (nSPS) is 16.3. The summed E-state index contributed by atoms with van der Waals surface area (Å²) in [5, 5.41) is 0. The maximum Gasteiger partial charge on any atom is 0.236 e. The van der Waals surface area contributed by atoms with E-state index in [2.05, 4.69) is 6.92 Å². The number of carbonyl (C=O) groups is 1. The molecule has 1 heterocycles. The van der Waals surface area contributed by atoms with Gasteiger partial charge in [0.25, 0.3) is 0 Å². The van der Waals surface area contributed by atoms with Crippen LogP contribution in [0.2, 0.25) is 0 Å². The third kappa shape index (κ3) is 2.71. The number of nitrogens with zero attached hydrogens (tertiary/aromatic N) is 1. The maximum absolute atomic E-state index is 10.6. The molecule has 70 valence electrons. The molecule has 0 fully saturated rings. The van der Waals surface area contributed by atoms with Crippen molar-refractivity contribution < 1.29 is 4.79 Å². The minimum atomic E-state index is -0.264. The Balaban J connectivity index is 0.00000121. The number of rotatable bonds is 2. The molecule has 0 aromatic carbocycles. The Morgan fingerprint density at radius 3 is 2.58 bits per heavy atom. The summed E-state index contributed by atoms with van der Waals surface area (Å²) >= 11 is 1.75. The SMILES string of the molecule is Br.CC1=C(C)N(CC(N)=O)CS1. The zero-order valence-electron chi connectivity index (χ0n) is 7.16. The van der Waals surface area contributed by atoms with Gasteiger partial charge in [0.15, 0.2) is 0 Å². The van der Waals surface area contributed by atoms with Crippen LogP contribution >= 0.6 is 28.7 Å². The van der Waals surface area contributed by atoms with Crippen molar-refractivity contribution in [2.75, 3.05) is 12.4 Å². The van der Waals surface area contributed by atoms with E-state index < -0.39 is 0 Å². The van der Waals surface area contributed by atoms with Crippen molar-refractivity contribution in [2.45, 2.75) is 13.8 Å². The molecule has 0 aromatic rings. The van der Waals surface area contributed by atoms with Gasteiger partial charge in [-0.1, -0.05) is 0 Å². The van der Waals surface area contributed by atoms with Crippen LogP contribution in [-0.2, 0) is 4.79 Å². The number of thioether (sulfide) groups is 1. The van der Waals surface area contributed by atoms with Crippen LogP contribution in [0.3, 0.4) is 0 Å². The predicted octanol–water partition coefficient (Wildman–Crippen LogP) is 1.31. The number of nitrogens with two attached hydrogens (primary N) is 1. The Hall–Kier alpha value is -0.160. The van der Waals surface area contributed by atoms with E-state index in [4.69, 9.17) is 5.73 Å². The highest BCUT2D eigenvalue weighted by molar-refractivity contribution is 8.93. The zero-order valence-corrected chi connectivity index (χ0v) is 9.69. The van der Waals surface area contributed by atoms with Gasteiger partial charge in [0.2, 0.25) is 5.91 Å². The van der Waals surface area contributed by atoms with Gasteiger partial charge in [-0.25, -0.2) is 0 Å². The number of allylic oxidation sites excluding steroid dienone is 2. The van der Waals surface area contributed by atoms with Gasteiger partial charge in [-0.15, -0.1) is 28.7 Å². The second-order valence-corrected chi connectivity index (χ2v) is 3.74. The number of amides is 1. The fraction of sp³-hybridized carbons (Fsp3) is 0.571. The van der Waals surface area contributed by atoms with Gasteiger partial charge in [0.05, 0.1) is 12.4 Å². The summed E-state index contributed by atoms with van der Waals surface area (Å²) in [5.41, 5.74) is 6.24. The summed E-state index contributed by atoms with van der Waals surface area (Å²) in [6.07, 6.45) is 0. The van der Waals surface area contributed by atoms with Crippen molar-refractivity contribution in [3.05, 3.63) is 10.6 Å². The van der Waals surface area contributed by atoms with E-state index in [0.717, 1.165) is 5.88 Å². The maximum atomic E-state index is 10.6. The average molecular weight is 253 g/mol. The third-order valence-electron chi connectivity index (χ3n) is 1.77. The molecule has 1 aliphatic rings. The first-order chi connectivity index (χ1) is 5.11. The summed E-state index contributed by atoms with van der Waals surface area (Å²) in [6, 6.07) is 0. The van der Waals surface area contributed by atoms with Crippen LogP contribution in [0.4, 0.5) is 0 Å². The number of carbonyl (C=O) groups excluding carboxylic acids is 1. The molecule has 0 aliphatic carbocycles. The molecule has 1 rings (SSSR count). The lowest BCUT2D eigenvalue weighted by Gasteiger charge is -2.16. The highest BCUT2D eigenvalue weighted by Gasteiger charge is 2.17. The van der Waals surface area contributed by atoms with Crippen molar-refractivity contribution in [2.24, 2.45) is 5.73 Å². The second kappa shape index (κ2) is 4.77. The topological polar surface area (TPSA) is 46.3 Å². The summed E-state index contributed by atoms with van der Waals surface area (Å²) in [4.78, 5) is 13.8. The number of primary amides is 1. The van der Waals surface area contributed by atoms with E-state index in [1.54, 1.807) is 11.8 Å². The van der Waals surface area contributed by atoms with Crippen LogP contribution in [-0.4, -0.2) is 23.2 Å². The Morgan fingerprint density at radius 1 is 1.67 bits per heavy atom. The lowest BCUT2D eigenvalue weighted by atomic mass is 10.4. The molecule has 0 saturated carbocycles. The molecular formula is C7H13BrN2OS. The molecule has 0 saturated heterocycles. The molecule has 0 unspecified atom stereocenters. The molecule has 0 radical (unpaired) electrons. The van der Waals surface area contributed by atoms with Gasteiger partial charge in [0, 0.05) is 10.6 Å². The standard InChI is InChI=1S/C7H12N2OS.BrH/c1-5-6(2)11-4-9(5)3-7(8)10;/h3-4H2,1-2H3,(H2,8,10);1H. The predicted molar refractivity (Wildman–Crippen MR) is 57.1 cm³/mol. The van der Waals surface area contributed by atoms with E-state index in [9.17, 15) is 4.79 Å². The minimum absolute atomic E-state index is 0. The molecule has 1 aliphatic heterocycles. The molecule has 0 aromatic heterocycles. The molecule has 3 nitrogen and oxygen atoms in total. The zero-order chi connectivity index (χ0) is 8.43. The van der Waals surface area contributed by atoms with Gasteiger partial charge in [-0.2, -0.15) is 0 Å². The van der Waals surface area contributed by atoms with Gasteiger partial charge < -0.3 is 10.6 Å². The fourth-order valence-corrected chi connectivity index (χ4v) is 1.92. The first kappa shape index (κ1) is 11.8. The Labute approximate surface area is 87.1 Å². The van der Waals surface area contributed by atoms with Gasteiger partial charge in [0.1, 0.15) is 0 Å². The lowest BCUT2D eigenvalue weighted by molar-refractivity contribution is -0.118. The Morgan fingerprint density at radius 2 is 2.25 bits per heavy atom. The number of halogens is 1. The van der Waals surface area contributed by atoms with E-state index in [1.807, 2.05) is 11.8 Å². The highest BCUT2D eigenvalue weighted by atomic mass is 79.9. The minimum Gasteiger partial charge on any atom is -0.368 e. The van der Waals surface area contributed by atoms with Crippen molar-refractivity contribution >= 4 is 34.7 Å². The largest absolute Gasteiger partial charge is 0.368 e. The monoisotopic (exact) mass is 252 g/mol. The van der Waals surface area contributed by atoms with Crippen LogP contribution in [0.5, 0.6) is 0 Å². The van der Waals surface area contributed by atoms with E-state index in [1.165, 1.54) is 10.6 Å². The van der Waals surface area contributed by atoms with E-state index in [0.29, 0.717) is 6.54 Å².